The number of rotatable bonds is 8. The van der Waals surface area contributed by atoms with Crippen molar-refractivity contribution < 1.29 is 27.8 Å². The van der Waals surface area contributed by atoms with Crippen LogP contribution in [-0.2, 0) is 0 Å². The molecule has 8 rings (SSSR count). The summed E-state index contributed by atoms with van der Waals surface area (Å²) in [5, 5.41) is 0. The van der Waals surface area contributed by atoms with Gasteiger partial charge >= 0.3 is 0 Å². The molecule has 48 heavy (non-hydrogen) atoms. The van der Waals surface area contributed by atoms with E-state index in [0.29, 0.717) is 0 Å². The maximum Gasteiger partial charge on any atom is 0.149 e. The van der Waals surface area contributed by atoms with Gasteiger partial charge in [-0.2, -0.15) is 0 Å². The largest absolute Gasteiger partial charge is 0.497 e. The number of furan rings is 2. The first-order valence-corrected chi connectivity index (χ1v) is 18.2. The highest BCUT2D eigenvalue weighted by molar-refractivity contribution is 8.30. The minimum Gasteiger partial charge on any atom is -0.497 e. The Kier molecular flexibility index (Phi) is 8.42. The third-order valence-corrected chi connectivity index (χ3v) is 13.7. The van der Waals surface area contributed by atoms with Crippen LogP contribution in [0.4, 0.5) is 0 Å². The van der Waals surface area contributed by atoms with Crippen LogP contribution >= 0.6 is 47.0 Å². The van der Waals surface area contributed by atoms with Crippen LogP contribution in [0, 0.1) is 0 Å². The summed E-state index contributed by atoms with van der Waals surface area (Å²) in [5.74, 6) is 6.60. The topological polar surface area (TPSA) is 63.2 Å². The Balaban J connectivity index is 1.21. The number of hydrogen-bond acceptors (Lipinski definition) is 10. The Bertz CT molecular complexity index is 1840. The summed E-state index contributed by atoms with van der Waals surface area (Å²) in [5.41, 5.74) is 3.99. The molecule has 4 aromatic carbocycles. The molecule has 0 N–H and O–H groups in total. The highest BCUT2D eigenvalue weighted by atomic mass is 32.2. The first-order chi connectivity index (χ1) is 23.6. The van der Waals surface area contributed by atoms with Crippen molar-refractivity contribution in [2.75, 3.05) is 28.4 Å². The second-order valence-corrected chi connectivity index (χ2v) is 15.3. The lowest BCUT2D eigenvalue weighted by atomic mass is 10.1. The second kappa shape index (κ2) is 13.0. The molecule has 0 amide bonds. The van der Waals surface area contributed by atoms with Gasteiger partial charge in [-0.15, -0.1) is 0 Å². The third kappa shape index (κ3) is 5.56. The van der Waals surface area contributed by atoms with Crippen LogP contribution in [0.3, 0.4) is 0 Å². The van der Waals surface area contributed by atoms with Crippen LogP contribution < -0.4 is 18.9 Å². The van der Waals surface area contributed by atoms with Gasteiger partial charge in [0.15, 0.2) is 0 Å². The van der Waals surface area contributed by atoms with Gasteiger partial charge < -0.3 is 27.8 Å². The number of thioether (sulfide) groups is 4. The summed E-state index contributed by atoms with van der Waals surface area (Å²) in [6.45, 7) is 0. The average molecular weight is 709 g/mol. The second-order valence-electron chi connectivity index (χ2n) is 10.7. The van der Waals surface area contributed by atoms with Gasteiger partial charge in [0.2, 0.25) is 0 Å². The average Bonchev–Trinajstić information content (AvgIpc) is 3.92. The van der Waals surface area contributed by atoms with Crippen LogP contribution in [0.1, 0.15) is 0 Å². The van der Waals surface area contributed by atoms with Crippen molar-refractivity contribution in [3.8, 4) is 68.3 Å². The Hall–Kier alpha value is -4.22. The van der Waals surface area contributed by atoms with Crippen molar-refractivity contribution in [2.45, 2.75) is 19.6 Å². The fraction of sp³-hybridized carbons (Fsp3) is 0.105. The summed E-state index contributed by atoms with van der Waals surface area (Å²) in [6, 6.07) is 32.1. The number of hydrogen-bond donors (Lipinski definition) is 0. The highest BCUT2D eigenvalue weighted by Gasteiger charge is 2.37. The van der Waals surface area contributed by atoms with Crippen molar-refractivity contribution in [1.82, 2.24) is 0 Å². The summed E-state index contributed by atoms with van der Waals surface area (Å²) in [4.78, 5) is 4.45. The maximum atomic E-state index is 6.66. The number of fused-ring (bicyclic) bond motifs is 2. The SMILES string of the molecule is COc1ccc(-c2oc(-c3ccc(OC)cc3)c3c2SC(=C2Sc4c(-c5ccc(OC)cc5)oc(-c5ccc(OC)cc5)c4S2)S3)cc1. The van der Waals surface area contributed by atoms with Gasteiger partial charge in [-0.3, -0.25) is 0 Å². The van der Waals surface area contributed by atoms with Crippen LogP contribution in [0.25, 0.3) is 45.3 Å². The van der Waals surface area contributed by atoms with Gasteiger partial charge in [0.05, 0.1) is 56.5 Å². The van der Waals surface area contributed by atoms with Crippen molar-refractivity contribution in [1.29, 1.82) is 0 Å². The lowest BCUT2D eigenvalue weighted by molar-refractivity contribution is 0.414. The standard InChI is InChI=1S/C38H28O6S4/c1-39-25-13-5-21(6-14-25)29-33-34(30(43-29)22-7-15-26(40-2)16-8-22)46-37(45-33)38-47-35-31(23-9-17-27(41-3)18-10-23)44-32(36(35)48-38)24-11-19-28(42-4)20-12-24/h5-20H,1-4H3. The summed E-state index contributed by atoms with van der Waals surface area (Å²) < 4.78 is 37.4. The number of benzene rings is 4. The van der Waals surface area contributed by atoms with Gasteiger partial charge in [0.25, 0.3) is 0 Å². The van der Waals surface area contributed by atoms with Crippen molar-refractivity contribution >= 4 is 47.0 Å². The molecule has 0 bridgehead atoms. The first-order valence-electron chi connectivity index (χ1n) is 14.9. The predicted octanol–water partition coefficient (Wildman–Crippen LogP) is 11.8. The minimum atomic E-state index is 0.802. The van der Waals surface area contributed by atoms with E-state index in [1.807, 2.05) is 97.1 Å². The first kappa shape index (κ1) is 31.1. The van der Waals surface area contributed by atoms with Crippen LogP contribution in [0.15, 0.2) is 134 Å². The molecular weight excluding hydrogens is 681 g/mol. The molecule has 6 aromatic rings. The van der Waals surface area contributed by atoms with Gasteiger partial charge in [0, 0.05) is 22.3 Å². The molecule has 0 saturated carbocycles. The van der Waals surface area contributed by atoms with Crippen molar-refractivity contribution in [3.05, 3.63) is 106 Å². The summed E-state index contributed by atoms with van der Waals surface area (Å²) in [7, 11) is 6.70. The molecule has 0 saturated heterocycles. The highest BCUT2D eigenvalue weighted by Crippen LogP contribution is 2.67. The Morgan fingerprint density at radius 1 is 0.333 bits per heavy atom. The van der Waals surface area contributed by atoms with Crippen LogP contribution in [-0.4, -0.2) is 28.4 Å². The summed E-state index contributed by atoms with van der Waals surface area (Å²) >= 11 is 7.05. The quantitative estimate of drug-likeness (QED) is 0.153. The van der Waals surface area contributed by atoms with E-state index < -0.39 is 0 Å². The van der Waals surface area contributed by atoms with Gasteiger partial charge in [0.1, 0.15) is 46.0 Å². The lowest BCUT2D eigenvalue weighted by Gasteiger charge is -2.07. The molecule has 2 aliphatic heterocycles. The monoisotopic (exact) mass is 708 g/mol. The third-order valence-electron chi connectivity index (χ3n) is 8.00. The zero-order chi connectivity index (χ0) is 32.8. The molecule has 6 nitrogen and oxygen atoms in total. The van der Waals surface area contributed by atoms with Crippen molar-refractivity contribution in [2.24, 2.45) is 0 Å². The van der Waals surface area contributed by atoms with E-state index in [2.05, 4.69) is 0 Å². The molecule has 10 heteroatoms. The number of ether oxygens (including phenoxy) is 4. The van der Waals surface area contributed by atoms with Gasteiger partial charge in [-0.25, -0.2) is 0 Å². The Morgan fingerprint density at radius 2 is 0.542 bits per heavy atom. The van der Waals surface area contributed by atoms with Crippen LogP contribution in [0.2, 0.25) is 0 Å². The van der Waals surface area contributed by atoms with E-state index in [1.165, 1.54) is 8.47 Å². The maximum absolute atomic E-state index is 6.66. The molecule has 0 atom stereocenters. The van der Waals surface area contributed by atoms with Crippen LogP contribution in [0.5, 0.6) is 23.0 Å². The smallest absolute Gasteiger partial charge is 0.149 e. The predicted molar refractivity (Wildman–Crippen MR) is 196 cm³/mol. The molecule has 0 radical (unpaired) electrons. The Morgan fingerprint density at radius 3 is 0.729 bits per heavy atom. The molecule has 0 fully saturated rings. The van der Waals surface area contributed by atoms with E-state index in [0.717, 1.165) is 87.9 Å². The zero-order valence-electron chi connectivity index (χ0n) is 26.3. The van der Waals surface area contributed by atoms with E-state index in [4.69, 9.17) is 27.8 Å². The molecule has 2 aromatic heterocycles. The molecule has 2 aliphatic rings. The van der Waals surface area contributed by atoms with Gasteiger partial charge in [-0.1, -0.05) is 47.0 Å². The fourth-order valence-corrected chi connectivity index (χ4v) is 11.1. The molecule has 0 spiro atoms. The lowest BCUT2D eigenvalue weighted by Crippen LogP contribution is -1.83. The molecule has 0 aliphatic carbocycles. The van der Waals surface area contributed by atoms with E-state index in [-0.39, 0.29) is 0 Å². The molecule has 240 valence electrons. The van der Waals surface area contributed by atoms with E-state index in [1.54, 1.807) is 75.5 Å². The number of methoxy groups -OCH3 is 4. The Labute approximate surface area is 295 Å². The van der Waals surface area contributed by atoms with E-state index in [9.17, 15) is 0 Å². The fourth-order valence-electron chi connectivity index (χ4n) is 5.48. The van der Waals surface area contributed by atoms with Gasteiger partial charge in [-0.05, 0) is 97.1 Å². The molecule has 0 unspecified atom stereocenters. The molecule has 4 heterocycles. The molecular formula is C38H28O6S4. The van der Waals surface area contributed by atoms with E-state index >= 15 is 0 Å². The zero-order valence-corrected chi connectivity index (χ0v) is 29.6. The normalized spacial score (nSPS) is 13.4. The minimum absolute atomic E-state index is 0.802. The van der Waals surface area contributed by atoms with Crippen molar-refractivity contribution in [3.63, 3.8) is 0 Å². The summed E-state index contributed by atoms with van der Waals surface area (Å²) in [6.07, 6.45) is 0.